The third kappa shape index (κ3) is 4.53. The molecule has 0 saturated carbocycles. The average Bonchev–Trinajstić information content (AvgIpc) is 3.40. The standard InChI is InChI=1S/C29H35N5O4S/c1-38-24-11-6-5-10-23(24)32-17-15-31(16-18-32)14-13-26-33(36)27-20-29(21-39-27)25(12-7-19-34(26,29)37)30-28(35)22-8-3-2-4-9-22/h2-6,8-11,20,25-26H,7,12-19,21H2,1H3/p+1. The number of nitroso groups, excluding NO2 is 1. The molecular weight excluding hydrogens is 514 g/mol. The lowest BCUT2D eigenvalue weighted by Crippen LogP contribution is -2.77. The number of nitrogens with zero attached hydrogens (tertiary/aromatic N) is 4. The van der Waals surface area contributed by atoms with Crippen LogP contribution < -0.4 is 15.0 Å². The van der Waals surface area contributed by atoms with Crippen molar-refractivity contribution < 1.29 is 18.9 Å². The third-order valence-electron chi connectivity index (χ3n) is 8.93. The van der Waals surface area contributed by atoms with Gasteiger partial charge in [-0.1, -0.05) is 30.3 Å². The maximum Gasteiger partial charge on any atom is 0.335 e. The van der Waals surface area contributed by atoms with E-state index >= 15 is 0 Å². The molecule has 4 heterocycles. The number of para-hydroxylation sites is 2. The molecule has 4 aliphatic rings. The number of carbonyl (C=O) groups is 1. The molecule has 2 aromatic carbocycles. The second-order valence-electron chi connectivity index (χ2n) is 10.9. The van der Waals surface area contributed by atoms with E-state index < -0.39 is 16.4 Å². The van der Waals surface area contributed by atoms with Gasteiger partial charge in [0, 0.05) is 43.2 Å². The highest BCUT2D eigenvalue weighted by Crippen LogP contribution is 2.52. The number of carbonyl (C=O) groups excluding carboxylic acids is 1. The second-order valence-corrected chi connectivity index (χ2v) is 11.9. The molecule has 0 radical (unpaired) electrons. The van der Waals surface area contributed by atoms with Gasteiger partial charge in [-0.2, -0.15) is 0 Å². The van der Waals surface area contributed by atoms with Gasteiger partial charge in [-0.25, -0.2) is 0 Å². The maximum absolute atomic E-state index is 14.8. The minimum atomic E-state index is -0.809. The Bertz CT molecular complexity index is 1270. The van der Waals surface area contributed by atoms with E-state index in [0.29, 0.717) is 42.3 Å². The minimum Gasteiger partial charge on any atom is -0.627 e. The molecule has 6 rings (SSSR count). The van der Waals surface area contributed by atoms with Crippen LogP contribution in [0.15, 0.2) is 65.7 Å². The monoisotopic (exact) mass is 550 g/mol. The number of hydrogen-bond acceptors (Lipinski definition) is 7. The van der Waals surface area contributed by atoms with Crippen LogP contribution in [0.3, 0.4) is 0 Å². The summed E-state index contributed by atoms with van der Waals surface area (Å²) in [6.07, 6.45) is 3.10. The molecule has 2 saturated heterocycles. The van der Waals surface area contributed by atoms with Gasteiger partial charge in [0.1, 0.15) is 5.75 Å². The normalized spacial score (nSPS) is 30.5. The Hall–Kier alpha value is -2.92. The van der Waals surface area contributed by atoms with Crippen molar-refractivity contribution in [3.8, 4) is 5.75 Å². The van der Waals surface area contributed by atoms with Crippen molar-refractivity contribution in [2.75, 3.05) is 57.0 Å². The van der Waals surface area contributed by atoms with Gasteiger partial charge < -0.3 is 20.2 Å². The number of anilines is 1. The lowest BCUT2D eigenvalue weighted by molar-refractivity contribution is -1.03. The summed E-state index contributed by atoms with van der Waals surface area (Å²) in [5.41, 5.74) is 0.876. The van der Waals surface area contributed by atoms with E-state index in [2.05, 4.69) is 21.2 Å². The second kappa shape index (κ2) is 10.6. The largest absolute Gasteiger partial charge is 0.627 e. The number of ether oxygens (including phenoxy) is 1. The third-order valence-corrected chi connectivity index (χ3v) is 10.1. The van der Waals surface area contributed by atoms with E-state index in [1.807, 2.05) is 42.5 Å². The molecule has 2 bridgehead atoms. The van der Waals surface area contributed by atoms with E-state index in [9.17, 15) is 14.9 Å². The number of benzene rings is 2. The van der Waals surface area contributed by atoms with Gasteiger partial charge in [0.05, 0.1) is 48.4 Å². The molecule has 4 atom stereocenters. The first kappa shape index (κ1) is 26.3. The lowest BCUT2D eigenvalue weighted by atomic mass is 9.80. The Kier molecular flexibility index (Phi) is 7.13. The summed E-state index contributed by atoms with van der Waals surface area (Å²) in [6.45, 7) is 4.54. The highest BCUT2D eigenvalue weighted by Gasteiger charge is 2.68. The SMILES string of the molecule is COc1ccccc1N1CCN(CCC2[N+](=O)C3=CC4(CS3)C(NC(=O)c3ccccc3)CCC[N+]24[O-])CC1. The van der Waals surface area contributed by atoms with Crippen molar-refractivity contribution >= 4 is 23.4 Å². The fourth-order valence-corrected chi connectivity index (χ4v) is 8.20. The molecule has 10 heteroatoms. The first-order chi connectivity index (χ1) is 18.9. The Balaban J connectivity index is 1.15. The minimum absolute atomic E-state index is 0.163. The quantitative estimate of drug-likeness (QED) is 0.320. The molecule has 2 fully saturated rings. The van der Waals surface area contributed by atoms with Crippen LogP contribution in [-0.2, 0) is 0 Å². The number of methoxy groups -OCH3 is 1. The summed E-state index contributed by atoms with van der Waals surface area (Å²) in [6, 6.07) is 16.9. The number of piperidine rings is 1. The molecule has 1 amide bonds. The van der Waals surface area contributed by atoms with Gasteiger partial charge in [0.2, 0.25) is 0 Å². The van der Waals surface area contributed by atoms with Crippen LogP contribution in [0.25, 0.3) is 0 Å². The van der Waals surface area contributed by atoms with Crippen molar-refractivity contribution in [3.63, 3.8) is 0 Å². The van der Waals surface area contributed by atoms with Crippen molar-refractivity contribution in [3.05, 3.63) is 81.4 Å². The molecular formula is C29H36N5O4S+. The predicted molar refractivity (Wildman–Crippen MR) is 152 cm³/mol. The number of piperazine rings is 1. The zero-order chi connectivity index (χ0) is 27.0. The highest BCUT2D eigenvalue weighted by atomic mass is 32.2. The van der Waals surface area contributed by atoms with Crippen LogP contribution in [0.1, 0.15) is 29.6 Å². The van der Waals surface area contributed by atoms with E-state index in [1.54, 1.807) is 19.2 Å². The van der Waals surface area contributed by atoms with Crippen molar-refractivity contribution in [2.45, 2.75) is 37.0 Å². The van der Waals surface area contributed by atoms with Crippen LogP contribution in [0.5, 0.6) is 5.75 Å². The van der Waals surface area contributed by atoms with Gasteiger partial charge in [-0.3, -0.25) is 14.3 Å². The molecule has 1 N–H and O–H groups in total. The fraction of sp³-hybridized carbons (Fsp3) is 0.483. The smallest absolute Gasteiger partial charge is 0.335 e. The summed E-state index contributed by atoms with van der Waals surface area (Å²) >= 11 is 1.46. The summed E-state index contributed by atoms with van der Waals surface area (Å²) < 4.78 is 5.95. The number of hydroxylamine groups is 3. The zero-order valence-corrected chi connectivity index (χ0v) is 23.1. The van der Waals surface area contributed by atoms with Crippen molar-refractivity contribution in [1.82, 2.24) is 10.2 Å². The van der Waals surface area contributed by atoms with Crippen LogP contribution >= 0.6 is 11.8 Å². The lowest BCUT2D eigenvalue weighted by Gasteiger charge is -2.59. The molecule has 2 aromatic rings. The van der Waals surface area contributed by atoms with Crippen molar-refractivity contribution in [2.24, 2.45) is 0 Å². The number of nitrogens with one attached hydrogen (secondary N) is 1. The molecule has 39 heavy (non-hydrogen) atoms. The first-order valence-electron chi connectivity index (χ1n) is 13.8. The van der Waals surface area contributed by atoms with Gasteiger partial charge in [-0.15, -0.1) is 0 Å². The molecule has 9 nitrogen and oxygen atoms in total. The number of rotatable bonds is 7. The average molecular weight is 551 g/mol. The van der Waals surface area contributed by atoms with E-state index in [0.717, 1.165) is 48.8 Å². The maximum atomic E-state index is 14.8. The number of hydrogen-bond donors (Lipinski definition) is 1. The van der Waals surface area contributed by atoms with E-state index in [4.69, 9.17) is 4.74 Å². The van der Waals surface area contributed by atoms with Crippen LogP contribution in [0.4, 0.5) is 5.69 Å². The van der Waals surface area contributed by atoms with E-state index in [-0.39, 0.29) is 11.9 Å². The van der Waals surface area contributed by atoms with Crippen LogP contribution in [0, 0.1) is 10.1 Å². The highest BCUT2D eigenvalue weighted by molar-refractivity contribution is 8.03. The van der Waals surface area contributed by atoms with Crippen LogP contribution in [0.2, 0.25) is 0 Å². The number of thioether (sulfide) groups is 1. The molecule has 0 aliphatic carbocycles. The molecule has 206 valence electrons. The van der Waals surface area contributed by atoms with Gasteiger partial charge in [0.15, 0.2) is 5.54 Å². The fourth-order valence-electron chi connectivity index (χ4n) is 6.78. The van der Waals surface area contributed by atoms with Gasteiger partial charge in [0.25, 0.3) is 10.9 Å². The summed E-state index contributed by atoms with van der Waals surface area (Å²) in [5.74, 6) is 1.24. The topological polar surface area (TPSA) is 88.0 Å². The van der Waals surface area contributed by atoms with E-state index in [1.165, 1.54) is 11.8 Å². The Morgan fingerprint density at radius 1 is 1.15 bits per heavy atom. The number of quaternary nitrogens is 1. The molecule has 1 spiro atoms. The Morgan fingerprint density at radius 2 is 1.90 bits per heavy atom. The van der Waals surface area contributed by atoms with Crippen molar-refractivity contribution in [1.29, 1.82) is 0 Å². The summed E-state index contributed by atoms with van der Waals surface area (Å²) in [4.78, 5) is 31.2. The number of amides is 1. The zero-order valence-electron chi connectivity index (χ0n) is 22.3. The molecule has 4 unspecified atom stereocenters. The summed E-state index contributed by atoms with van der Waals surface area (Å²) in [7, 11) is 1.70. The Labute approximate surface area is 233 Å². The molecule has 0 aromatic heterocycles. The first-order valence-corrected chi connectivity index (χ1v) is 14.8. The van der Waals surface area contributed by atoms with Crippen LogP contribution in [-0.4, -0.2) is 90.1 Å². The molecule has 4 aliphatic heterocycles. The van der Waals surface area contributed by atoms with Gasteiger partial charge >= 0.3 is 6.17 Å². The predicted octanol–water partition coefficient (Wildman–Crippen LogP) is 3.56. The van der Waals surface area contributed by atoms with Gasteiger partial charge in [-0.05, 0) is 48.9 Å². The Morgan fingerprint density at radius 3 is 2.67 bits per heavy atom. The summed E-state index contributed by atoms with van der Waals surface area (Å²) in [5, 5.41) is 18.6.